The lowest BCUT2D eigenvalue weighted by Gasteiger charge is -2.12. The highest BCUT2D eigenvalue weighted by molar-refractivity contribution is 5.65. The third-order valence-corrected chi connectivity index (χ3v) is 5.76. The zero-order valence-corrected chi connectivity index (χ0v) is 20.1. The van der Waals surface area contributed by atoms with Gasteiger partial charge in [-0.3, -0.25) is 0 Å². The van der Waals surface area contributed by atoms with E-state index in [2.05, 4.69) is 39.8 Å². The third-order valence-electron chi connectivity index (χ3n) is 5.76. The average Bonchev–Trinajstić information content (AvgIpc) is 3.30. The normalized spacial score (nSPS) is 11.8. The largest absolute Gasteiger partial charge is 0.465 e. The first-order valence-corrected chi connectivity index (χ1v) is 12.4. The first kappa shape index (κ1) is 27.1. The molecule has 0 radical (unpaired) electrons. The predicted octanol–water partition coefficient (Wildman–Crippen LogP) is 6.17. The van der Waals surface area contributed by atoms with Gasteiger partial charge in [0, 0.05) is 12.1 Å². The first-order valence-electron chi connectivity index (χ1n) is 12.4. The Morgan fingerprint density at radius 3 is 2.24 bits per heavy atom. The number of carbonyl (C=O) groups is 2. The summed E-state index contributed by atoms with van der Waals surface area (Å²) >= 11 is 0. The van der Waals surface area contributed by atoms with Gasteiger partial charge in [-0.25, -0.2) is 9.59 Å². The Labute approximate surface area is 201 Å². The minimum absolute atomic E-state index is 0.201. The van der Waals surface area contributed by atoms with Crippen LogP contribution in [0.5, 0.6) is 0 Å². The molecule has 0 saturated heterocycles. The van der Waals surface area contributed by atoms with Crippen molar-refractivity contribution in [3.8, 4) is 11.4 Å². The number of hydrogen-bond acceptors (Lipinski definition) is 5. The second kappa shape index (κ2) is 15.7. The van der Waals surface area contributed by atoms with E-state index in [0.29, 0.717) is 31.6 Å². The standard InChI is InChI=1S/C25H38N4O5/c1-2-3-4-5-6-7-8-9-12-19-14-16-20(17-15-19)22-28-23(34-29-22)21(27-25(32)33)13-10-11-18-26-24(30)31/h14-17,21,26-27H,2-13,18H2,1H3,(H,30,31)(H,32,33)/t21-/m0/s1. The molecule has 34 heavy (non-hydrogen) atoms. The average molecular weight is 475 g/mol. The molecule has 2 rings (SSSR count). The van der Waals surface area contributed by atoms with Crippen molar-refractivity contribution in [3.63, 3.8) is 0 Å². The molecule has 9 heteroatoms. The maximum absolute atomic E-state index is 11.2. The quantitative estimate of drug-likeness (QED) is 0.201. The third kappa shape index (κ3) is 10.7. The molecule has 0 aliphatic rings. The summed E-state index contributed by atoms with van der Waals surface area (Å²) in [6.07, 6.45) is 10.8. The Bertz CT molecular complexity index is 853. The van der Waals surface area contributed by atoms with Crippen molar-refractivity contribution in [2.45, 2.75) is 90.0 Å². The van der Waals surface area contributed by atoms with E-state index in [4.69, 9.17) is 14.7 Å². The second-order valence-corrected chi connectivity index (χ2v) is 8.61. The van der Waals surface area contributed by atoms with Gasteiger partial charge in [-0.05, 0) is 37.7 Å². The van der Waals surface area contributed by atoms with Crippen LogP contribution in [0, 0.1) is 0 Å². The molecule has 0 bridgehead atoms. The van der Waals surface area contributed by atoms with Crippen molar-refractivity contribution in [3.05, 3.63) is 35.7 Å². The van der Waals surface area contributed by atoms with Crippen LogP contribution in [0.4, 0.5) is 9.59 Å². The molecular formula is C25H38N4O5. The summed E-state index contributed by atoms with van der Waals surface area (Å²) in [4.78, 5) is 26.1. The van der Waals surface area contributed by atoms with Crippen molar-refractivity contribution in [1.29, 1.82) is 0 Å². The minimum Gasteiger partial charge on any atom is -0.465 e. The molecule has 188 valence electrons. The number of hydrogen-bond donors (Lipinski definition) is 4. The van der Waals surface area contributed by atoms with E-state index in [1.54, 1.807) is 0 Å². The highest BCUT2D eigenvalue weighted by Gasteiger charge is 2.21. The van der Waals surface area contributed by atoms with Crippen LogP contribution in [0.3, 0.4) is 0 Å². The van der Waals surface area contributed by atoms with Crippen LogP contribution in [0.1, 0.15) is 95.0 Å². The maximum atomic E-state index is 11.2. The second-order valence-electron chi connectivity index (χ2n) is 8.61. The van der Waals surface area contributed by atoms with Gasteiger partial charge in [-0.2, -0.15) is 4.98 Å². The molecule has 0 fully saturated rings. The van der Waals surface area contributed by atoms with Gasteiger partial charge in [0.15, 0.2) is 0 Å². The van der Waals surface area contributed by atoms with Crippen molar-refractivity contribution >= 4 is 12.2 Å². The molecule has 0 aliphatic carbocycles. The Morgan fingerprint density at radius 1 is 0.912 bits per heavy atom. The fourth-order valence-electron chi connectivity index (χ4n) is 3.85. The van der Waals surface area contributed by atoms with Gasteiger partial charge < -0.3 is 25.4 Å². The van der Waals surface area contributed by atoms with Crippen LogP contribution in [-0.2, 0) is 6.42 Å². The lowest BCUT2D eigenvalue weighted by Crippen LogP contribution is -2.27. The van der Waals surface area contributed by atoms with Gasteiger partial charge in [-0.15, -0.1) is 0 Å². The van der Waals surface area contributed by atoms with Crippen LogP contribution < -0.4 is 10.6 Å². The van der Waals surface area contributed by atoms with E-state index < -0.39 is 18.2 Å². The number of rotatable bonds is 17. The van der Waals surface area contributed by atoms with Gasteiger partial charge in [0.2, 0.25) is 11.7 Å². The number of carboxylic acid groups (broad SMARTS) is 2. The maximum Gasteiger partial charge on any atom is 0.405 e. The summed E-state index contributed by atoms with van der Waals surface area (Å²) in [5.41, 5.74) is 2.09. The molecule has 0 unspecified atom stereocenters. The molecule has 1 aromatic heterocycles. The summed E-state index contributed by atoms with van der Waals surface area (Å²) in [5, 5.41) is 26.5. The number of amides is 2. The van der Waals surface area contributed by atoms with Crippen molar-refractivity contribution in [1.82, 2.24) is 20.8 Å². The van der Waals surface area contributed by atoms with Gasteiger partial charge in [0.1, 0.15) is 6.04 Å². The number of aryl methyl sites for hydroxylation is 1. The lowest BCUT2D eigenvalue weighted by atomic mass is 10.0. The Hall–Kier alpha value is -3.10. The number of unbranched alkanes of at least 4 members (excludes halogenated alkanes) is 8. The summed E-state index contributed by atoms with van der Waals surface area (Å²) in [5.74, 6) is 0.616. The zero-order valence-electron chi connectivity index (χ0n) is 20.1. The van der Waals surface area contributed by atoms with Crippen LogP contribution in [0.25, 0.3) is 11.4 Å². The van der Waals surface area contributed by atoms with E-state index >= 15 is 0 Å². The molecule has 2 amide bonds. The molecule has 1 heterocycles. The number of nitrogens with zero attached hydrogens (tertiary/aromatic N) is 2. The fourth-order valence-corrected chi connectivity index (χ4v) is 3.85. The molecular weight excluding hydrogens is 436 g/mol. The molecule has 4 N–H and O–H groups in total. The summed E-state index contributed by atoms with van der Waals surface area (Å²) in [6, 6.07) is 7.44. The predicted molar refractivity (Wildman–Crippen MR) is 130 cm³/mol. The molecule has 0 saturated carbocycles. The molecule has 1 atom stereocenters. The van der Waals surface area contributed by atoms with Gasteiger partial charge >= 0.3 is 12.2 Å². The summed E-state index contributed by atoms with van der Waals surface area (Å²) in [7, 11) is 0. The van der Waals surface area contributed by atoms with E-state index in [-0.39, 0.29) is 5.89 Å². The highest BCUT2D eigenvalue weighted by Crippen LogP contribution is 2.23. The van der Waals surface area contributed by atoms with Crippen LogP contribution in [-0.4, -0.2) is 39.1 Å². The van der Waals surface area contributed by atoms with E-state index in [9.17, 15) is 9.59 Å². The Kier molecular flexibility index (Phi) is 12.5. The first-order chi connectivity index (χ1) is 16.5. The fraction of sp³-hybridized carbons (Fsp3) is 0.600. The molecule has 1 aromatic carbocycles. The van der Waals surface area contributed by atoms with Gasteiger partial charge in [0.25, 0.3) is 0 Å². The zero-order chi connectivity index (χ0) is 24.6. The van der Waals surface area contributed by atoms with Crippen molar-refractivity contribution < 1.29 is 24.3 Å². The van der Waals surface area contributed by atoms with Crippen LogP contribution >= 0.6 is 0 Å². The Morgan fingerprint density at radius 2 is 1.59 bits per heavy atom. The topological polar surface area (TPSA) is 138 Å². The monoisotopic (exact) mass is 474 g/mol. The van der Waals surface area contributed by atoms with Crippen molar-refractivity contribution in [2.24, 2.45) is 0 Å². The van der Waals surface area contributed by atoms with E-state index in [0.717, 1.165) is 12.0 Å². The number of aromatic nitrogens is 2. The lowest BCUT2D eigenvalue weighted by molar-refractivity contribution is 0.184. The van der Waals surface area contributed by atoms with Crippen LogP contribution in [0.2, 0.25) is 0 Å². The number of nitrogens with one attached hydrogen (secondary N) is 2. The van der Waals surface area contributed by atoms with E-state index in [1.807, 2.05) is 12.1 Å². The molecule has 2 aromatic rings. The smallest absolute Gasteiger partial charge is 0.405 e. The molecule has 0 aliphatic heterocycles. The van der Waals surface area contributed by atoms with E-state index in [1.165, 1.54) is 56.9 Å². The van der Waals surface area contributed by atoms with Crippen molar-refractivity contribution in [2.75, 3.05) is 6.54 Å². The Balaban J connectivity index is 1.82. The van der Waals surface area contributed by atoms with Gasteiger partial charge in [0.05, 0.1) is 0 Å². The number of benzene rings is 1. The molecule has 9 nitrogen and oxygen atoms in total. The summed E-state index contributed by atoms with van der Waals surface area (Å²) in [6.45, 7) is 2.54. The highest BCUT2D eigenvalue weighted by atomic mass is 16.5. The minimum atomic E-state index is -1.18. The van der Waals surface area contributed by atoms with Gasteiger partial charge in [-0.1, -0.05) is 81.3 Å². The summed E-state index contributed by atoms with van der Waals surface area (Å²) < 4.78 is 5.34. The van der Waals surface area contributed by atoms with Crippen LogP contribution in [0.15, 0.2) is 28.8 Å². The molecule has 0 spiro atoms. The SMILES string of the molecule is CCCCCCCCCCc1ccc(-c2noc([C@H](CCCCNC(=O)O)NC(=O)O)n2)cc1.